The number of aryl methyl sites for hydroxylation is 1. The van der Waals surface area contributed by atoms with Gasteiger partial charge in [-0.15, -0.1) is 0 Å². The predicted molar refractivity (Wildman–Crippen MR) is 51.7 cm³/mol. The van der Waals surface area contributed by atoms with E-state index < -0.39 is 0 Å². The third-order valence-electron chi connectivity index (χ3n) is 1.39. The maximum absolute atomic E-state index is 10.9. The molecule has 1 aromatic rings. The molecule has 0 aliphatic carbocycles. The molecular formula is C10H15NO2. The number of pyridine rings is 1. The first-order valence-electron chi connectivity index (χ1n) is 4.25. The number of nitrogens with zero attached hydrogens (tertiary/aromatic N) is 1. The van der Waals surface area contributed by atoms with E-state index in [9.17, 15) is 4.79 Å². The van der Waals surface area contributed by atoms with E-state index in [2.05, 4.69) is 9.72 Å². The van der Waals surface area contributed by atoms with Crippen molar-refractivity contribution in [2.75, 3.05) is 7.11 Å². The Labute approximate surface area is 78.8 Å². The van der Waals surface area contributed by atoms with Crippen molar-refractivity contribution >= 4 is 5.97 Å². The first-order chi connectivity index (χ1) is 6.25. The average molecular weight is 181 g/mol. The highest BCUT2D eigenvalue weighted by Gasteiger charge is 2.08. The molecule has 1 rings (SSSR count). The Balaban J connectivity index is 0.000000671. The molecule has 0 aliphatic heterocycles. The van der Waals surface area contributed by atoms with Crippen LogP contribution in [-0.2, 0) is 4.74 Å². The quantitative estimate of drug-likeness (QED) is 0.623. The number of rotatable bonds is 1. The molecule has 0 aliphatic rings. The summed E-state index contributed by atoms with van der Waals surface area (Å²) >= 11 is 0. The number of carbonyl (C=O) groups excluding carboxylic acids is 1. The summed E-state index contributed by atoms with van der Waals surface area (Å²) in [5.41, 5.74) is 1.22. The molecule has 0 radical (unpaired) electrons. The van der Waals surface area contributed by atoms with Gasteiger partial charge in [0, 0.05) is 6.20 Å². The summed E-state index contributed by atoms with van der Waals surface area (Å²) in [5.74, 6) is -0.386. The molecule has 1 heterocycles. The molecule has 0 fully saturated rings. The zero-order chi connectivity index (χ0) is 10.3. The second-order valence-electron chi connectivity index (χ2n) is 2.16. The zero-order valence-electron chi connectivity index (χ0n) is 8.50. The fourth-order valence-electron chi connectivity index (χ4n) is 0.796. The lowest BCUT2D eigenvalue weighted by Gasteiger charge is -1.99. The standard InChI is InChI=1S/C8H9NO2.C2H6/c1-6-4-3-5-9-7(6)8(10)11-2;1-2/h3-5H,1-2H3;1-2H3. The number of hydrogen-bond acceptors (Lipinski definition) is 3. The molecule has 0 amide bonds. The number of aromatic nitrogens is 1. The molecule has 72 valence electrons. The van der Waals surface area contributed by atoms with Crippen LogP contribution in [0.25, 0.3) is 0 Å². The van der Waals surface area contributed by atoms with Crippen LogP contribution in [0.15, 0.2) is 18.3 Å². The number of methoxy groups -OCH3 is 1. The van der Waals surface area contributed by atoms with Crippen molar-refractivity contribution in [3.8, 4) is 0 Å². The lowest BCUT2D eigenvalue weighted by atomic mass is 10.2. The summed E-state index contributed by atoms with van der Waals surface area (Å²) in [6, 6.07) is 3.60. The third-order valence-corrected chi connectivity index (χ3v) is 1.39. The summed E-state index contributed by atoms with van der Waals surface area (Å²) in [6.07, 6.45) is 1.57. The molecule has 0 saturated carbocycles. The van der Waals surface area contributed by atoms with Gasteiger partial charge in [0.1, 0.15) is 0 Å². The van der Waals surface area contributed by atoms with Crippen molar-refractivity contribution in [3.05, 3.63) is 29.6 Å². The highest BCUT2D eigenvalue weighted by molar-refractivity contribution is 5.88. The van der Waals surface area contributed by atoms with Gasteiger partial charge in [-0.25, -0.2) is 9.78 Å². The lowest BCUT2D eigenvalue weighted by Crippen LogP contribution is -2.05. The van der Waals surface area contributed by atoms with Gasteiger partial charge in [-0.05, 0) is 18.6 Å². The molecule has 0 saturated heterocycles. The fourth-order valence-corrected chi connectivity index (χ4v) is 0.796. The summed E-state index contributed by atoms with van der Waals surface area (Å²) in [6.45, 7) is 5.82. The van der Waals surface area contributed by atoms with Crippen LogP contribution in [-0.4, -0.2) is 18.1 Å². The molecule has 0 spiro atoms. The maximum Gasteiger partial charge on any atom is 0.356 e. The van der Waals surface area contributed by atoms with Gasteiger partial charge >= 0.3 is 5.97 Å². The Kier molecular flexibility index (Phi) is 5.52. The largest absolute Gasteiger partial charge is 0.464 e. The van der Waals surface area contributed by atoms with Crippen molar-refractivity contribution in [2.45, 2.75) is 20.8 Å². The molecule has 0 N–H and O–H groups in total. The molecular weight excluding hydrogens is 166 g/mol. The van der Waals surface area contributed by atoms with Gasteiger partial charge in [0.15, 0.2) is 5.69 Å². The summed E-state index contributed by atoms with van der Waals surface area (Å²) in [5, 5.41) is 0. The topological polar surface area (TPSA) is 39.2 Å². The van der Waals surface area contributed by atoms with Crippen LogP contribution >= 0.6 is 0 Å². The van der Waals surface area contributed by atoms with Gasteiger partial charge < -0.3 is 4.74 Å². The van der Waals surface area contributed by atoms with Crippen molar-refractivity contribution in [2.24, 2.45) is 0 Å². The zero-order valence-corrected chi connectivity index (χ0v) is 8.50. The van der Waals surface area contributed by atoms with Crippen LogP contribution in [0.5, 0.6) is 0 Å². The number of hydrogen-bond donors (Lipinski definition) is 0. The van der Waals surface area contributed by atoms with E-state index in [4.69, 9.17) is 0 Å². The fraction of sp³-hybridized carbons (Fsp3) is 0.400. The van der Waals surface area contributed by atoms with Crippen LogP contribution < -0.4 is 0 Å². The van der Waals surface area contributed by atoms with Crippen LogP contribution in [0, 0.1) is 6.92 Å². The van der Waals surface area contributed by atoms with E-state index in [1.807, 2.05) is 26.8 Å². The number of carbonyl (C=O) groups is 1. The van der Waals surface area contributed by atoms with Gasteiger partial charge in [-0.1, -0.05) is 19.9 Å². The van der Waals surface area contributed by atoms with Crippen LogP contribution in [0.2, 0.25) is 0 Å². The van der Waals surface area contributed by atoms with Crippen molar-refractivity contribution in [1.29, 1.82) is 0 Å². The minimum absolute atomic E-state index is 0.384. The molecule has 1 aromatic heterocycles. The highest BCUT2D eigenvalue weighted by atomic mass is 16.5. The Morgan fingerprint density at radius 3 is 2.54 bits per heavy atom. The first kappa shape index (κ1) is 11.6. The molecule has 0 atom stereocenters. The van der Waals surface area contributed by atoms with Crippen molar-refractivity contribution in [3.63, 3.8) is 0 Å². The Morgan fingerprint density at radius 2 is 2.08 bits per heavy atom. The van der Waals surface area contributed by atoms with Crippen LogP contribution in [0.1, 0.15) is 29.9 Å². The van der Waals surface area contributed by atoms with E-state index >= 15 is 0 Å². The summed E-state index contributed by atoms with van der Waals surface area (Å²) in [7, 11) is 1.34. The van der Waals surface area contributed by atoms with Gasteiger partial charge in [0.2, 0.25) is 0 Å². The number of esters is 1. The minimum Gasteiger partial charge on any atom is -0.464 e. The van der Waals surface area contributed by atoms with E-state index in [1.165, 1.54) is 7.11 Å². The molecule has 3 nitrogen and oxygen atoms in total. The third kappa shape index (κ3) is 3.23. The van der Waals surface area contributed by atoms with Crippen LogP contribution in [0.4, 0.5) is 0 Å². The number of ether oxygens (including phenoxy) is 1. The Morgan fingerprint density at radius 1 is 1.46 bits per heavy atom. The second-order valence-corrected chi connectivity index (χ2v) is 2.16. The first-order valence-corrected chi connectivity index (χ1v) is 4.25. The van der Waals surface area contributed by atoms with E-state index in [-0.39, 0.29) is 5.97 Å². The van der Waals surface area contributed by atoms with Gasteiger partial charge in [-0.2, -0.15) is 0 Å². The van der Waals surface area contributed by atoms with Crippen LogP contribution in [0.3, 0.4) is 0 Å². The van der Waals surface area contributed by atoms with E-state index in [0.29, 0.717) is 5.69 Å². The molecule has 0 aromatic carbocycles. The molecule has 3 heteroatoms. The lowest BCUT2D eigenvalue weighted by molar-refractivity contribution is 0.0593. The Hall–Kier alpha value is -1.38. The summed E-state index contributed by atoms with van der Waals surface area (Å²) < 4.78 is 4.52. The van der Waals surface area contributed by atoms with E-state index in [1.54, 1.807) is 12.3 Å². The molecule has 13 heavy (non-hydrogen) atoms. The summed E-state index contributed by atoms with van der Waals surface area (Å²) in [4.78, 5) is 14.8. The average Bonchev–Trinajstić information content (AvgIpc) is 2.20. The second kappa shape index (κ2) is 6.17. The minimum atomic E-state index is -0.386. The van der Waals surface area contributed by atoms with Gasteiger partial charge in [0.05, 0.1) is 7.11 Å². The Bertz CT molecular complexity index is 271. The molecule has 0 unspecified atom stereocenters. The maximum atomic E-state index is 10.9. The van der Waals surface area contributed by atoms with Gasteiger partial charge in [-0.3, -0.25) is 0 Å². The normalized spacial score (nSPS) is 8.31. The smallest absolute Gasteiger partial charge is 0.356 e. The SMILES string of the molecule is CC.COC(=O)c1ncccc1C. The molecule has 0 bridgehead atoms. The monoisotopic (exact) mass is 181 g/mol. The van der Waals surface area contributed by atoms with Gasteiger partial charge in [0.25, 0.3) is 0 Å². The van der Waals surface area contributed by atoms with Crippen molar-refractivity contribution in [1.82, 2.24) is 4.98 Å². The van der Waals surface area contributed by atoms with E-state index in [0.717, 1.165) is 5.56 Å². The van der Waals surface area contributed by atoms with Crippen molar-refractivity contribution < 1.29 is 9.53 Å². The highest BCUT2D eigenvalue weighted by Crippen LogP contribution is 2.03. The predicted octanol–water partition coefficient (Wildman–Crippen LogP) is 2.20.